The van der Waals surface area contributed by atoms with Crippen LogP contribution in [0.15, 0.2) is 17.5 Å². The molecule has 78 valence electrons. The lowest BCUT2D eigenvalue weighted by molar-refractivity contribution is -0.132. The van der Waals surface area contributed by atoms with Crippen molar-refractivity contribution in [3.63, 3.8) is 0 Å². The minimum atomic E-state index is -0.407. The van der Waals surface area contributed by atoms with Gasteiger partial charge in [0.05, 0.1) is 12.6 Å². The predicted octanol–water partition coefficient (Wildman–Crippen LogP) is 1.44. The third-order valence-electron chi connectivity index (χ3n) is 2.01. The van der Waals surface area contributed by atoms with E-state index in [0.29, 0.717) is 13.1 Å². The molecule has 2 N–H and O–H groups in total. The fourth-order valence-electron chi connectivity index (χ4n) is 1.22. The summed E-state index contributed by atoms with van der Waals surface area (Å²) in [5.41, 5.74) is 5.55. The van der Waals surface area contributed by atoms with Crippen molar-refractivity contribution >= 4 is 17.2 Å². The maximum Gasteiger partial charge on any atom is 0.239 e. The Morgan fingerprint density at radius 2 is 2.43 bits per heavy atom. The molecular weight excluding hydrogens is 196 g/mol. The lowest BCUT2D eigenvalue weighted by atomic mass is 10.3. The van der Waals surface area contributed by atoms with Crippen molar-refractivity contribution in [2.75, 3.05) is 6.54 Å². The number of hydrogen-bond acceptors (Lipinski definition) is 3. The van der Waals surface area contributed by atoms with Gasteiger partial charge in [-0.25, -0.2) is 0 Å². The van der Waals surface area contributed by atoms with Gasteiger partial charge < -0.3 is 10.6 Å². The Labute approximate surface area is 88.5 Å². The third kappa shape index (κ3) is 2.82. The number of carbonyl (C=O) groups excluding carboxylic acids is 1. The number of likely N-dealkylation sites (N-methyl/N-ethyl adjacent to an activating group) is 1. The van der Waals surface area contributed by atoms with Gasteiger partial charge in [0.15, 0.2) is 0 Å². The monoisotopic (exact) mass is 212 g/mol. The Kier molecular flexibility index (Phi) is 4.10. The molecule has 0 aliphatic rings. The van der Waals surface area contributed by atoms with Gasteiger partial charge in [0.2, 0.25) is 5.91 Å². The van der Waals surface area contributed by atoms with Crippen molar-refractivity contribution in [2.45, 2.75) is 26.4 Å². The van der Waals surface area contributed by atoms with Crippen molar-refractivity contribution in [3.05, 3.63) is 22.4 Å². The number of nitrogens with zero attached hydrogens (tertiary/aromatic N) is 1. The molecule has 14 heavy (non-hydrogen) atoms. The minimum Gasteiger partial charge on any atom is -0.336 e. The highest BCUT2D eigenvalue weighted by atomic mass is 32.1. The van der Waals surface area contributed by atoms with Crippen LogP contribution in [-0.2, 0) is 11.3 Å². The fourth-order valence-corrected chi connectivity index (χ4v) is 1.94. The van der Waals surface area contributed by atoms with Crippen LogP contribution in [0.3, 0.4) is 0 Å². The molecule has 1 aromatic rings. The summed E-state index contributed by atoms with van der Waals surface area (Å²) in [6.45, 7) is 5.07. The molecule has 3 nitrogen and oxygen atoms in total. The number of nitrogens with two attached hydrogens (primary N) is 1. The van der Waals surface area contributed by atoms with Gasteiger partial charge in [0.25, 0.3) is 0 Å². The second kappa shape index (κ2) is 5.12. The molecule has 1 heterocycles. The smallest absolute Gasteiger partial charge is 0.239 e. The van der Waals surface area contributed by atoms with Gasteiger partial charge >= 0.3 is 0 Å². The summed E-state index contributed by atoms with van der Waals surface area (Å²) in [5.74, 6) is 0.0147. The SMILES string of the molecule is CCN(Cc1cccs1)C(=O)C(C)N. The molecule has 1 unspecified atom stereocenters. The minimum absolute atomic E-state index is 0.0147. The molecule has 0 radical (unpaired) electrons. The van der Waals surface area contributed by atoms with Gasteiger partial charge in [-0.3, -0.25) is 4.79 Å². The highest BCUT2D eigenvalue weighted by molar-refractivity contribution is 7.09. The van der Waals surface area contributed by atoms with E-state index in [2.05, 4.69) is 0 Å². The molecule has 1 atom stereocenters. The number of carbonyl (C=O) groups is 1. The molecule has 0 bridgehead atoms. The maximum absolute atomic E-state index is 11.6. The number of amides is 1. The first-order valence-electron chi connectivity index (χ1n) is 4.72. The Bertz CT molecular complexity index is 282. The zero-order valence-corrected chi connectivity index (χ0v) is 9.38. The van der Waals surface area contributed by atoms with E-state index in [1.54, 1.807) is 23.2 Å². The van der Waals surface area contributed by atoms with E-state index in [-0.39, 0.29) is 5.91 Å². The number of hydrogen-bond donors (Lipinski definition) is 1. The summed E-state index contributed by atoms with van der Waals surface area (Å²) in [5, 5.41) is 2.01. The topological polar surface area (TPSA) is 46.3 Å². The van der Waals surface area contributed by atoms with E-state index in [0.717, 1.165) is 0 Å². The molecule has 0 saturated heterocycles. The van der Waals surface area contributed by atoms with Crippen molar-refractivity contribution in [1.82, 2.24) is 4.90 Å². The lowest BCUT2D eigenvalue weighted by Gasteiger charge is -2.21. The third-order valence-corrected chi connectivity index (χ3v) is 2.87. The summed E-state index contributed by atoms with van der Waals surface area (Å²) in [6, 6.07) is 3.61. The standard InChI is InChI=1S/C10H16N2OS/c1-3-12(10(13)8(2)11)7-9-5-4-6-14-9/h4-6,8H,3,7,11H2,1-2H3. The highest BCUT2D eigenvalue weighted by Crippen LogP contribution is 2.12. The zero-order chi connectivity index (χ0) is 10.6. The molecule has 0 spiro atoms. The highest BCUT2D eigenvalue weighted by Gasteiger charge is 2.15. The van der Waals surface area contributed by atoms with Crippen LogP contribution in [-0.4, -0.2) is 23.4 Å². The van der Waals surface area contributed by atoms with Crippen molar-refractivity contribution in [2.24, 2.45) is 5.73 Å². The first kappa shape index (κ1) is 11.2. The van der Waals surface area contributed by atoms with Crippen LogP contribution >= 0.6 is 11.3 Å². The molecule has 4 heteroatoms. The maximum atomic E-state index is 11.6. The van der Waals surface area contributed by atoms with E-state index >= 15 is 0 Å². The first-order valence-corrected chi connectivity index (χ1v) is 5.60. The lowest BCUT2D eigenvalue weighted by Crippen LogP contribution is -2.41. The molecule has 0 aliphatic heterocycles. The summed E-state index contributed by atoms with van der Waals surface area (Å²) < 4.78 is 0. The molecule has 1 rings (SSSR count). The van der Waals surface area contributed by atoms with Gasteiger partial charge in [-0.15, -0.1) is 11.3 Å². The van der Waals surface area contributed by atoms with Gasteiger partial charge in [0.1, 0.15) is 0 Å². The number of thiophene rings is 1. The molecule has 0 aromatic carbocycles. The van der Waals surface area contributed by atoms with Crippen molar-refractivity contribution < 1.29 is 4.79 Å². The molecule has 1 aromatic heterocycles. The Balaban J connectivity index is 2.60. The molecule has 0 fully saturated rings. The van der Waals surface area contributed by atoms with E-state index in [9.17, 15) is 4.79 Å². The van der Waals surface area contributed by atoms with E-state index < -0.39 is 6.04 Å². The summed E-state index contributed by atoms with van der Waals surface area (Å²) in [6.07, 6.45) is 0. The van der Waals surface area contributed by atoms with Crippen LogP contribution in [0, 0.1) is 0 Å². The van der Waals surface area contributed by atoms with E-state index in [1.807, 2.05) is 24.4 Å². The zero-order valence-electron chi connectivity index (χ0n) is 8.56. The van der Waals surface area contributed by atoms with Crippen LogP contribution in [0.2, 0.25) is 0 Å². The largest absolute Gasteiger partial charge is 0.336 e. The van der Waals surface area contributed by atoms with Crippen molar-refractivity contribution in [1.29, 1.82) is 0 Å². The number of rotatable bonds is 4. The molecule has 1 amide bonds. The average Bonchev–Trinajstić information content (AvgIpc) is 2.65. The van der Waals surface area contributed by atoms with Crippen LogP contribution < -0.4 is 5.73 Å². The van der Waals surface area contributed by atoms with Crippen LogP contribution in [0.5, 0.6) is 0 Å². The van der Waals surface area contributed by atoms with Crippen LogP contribution in [0.1, 0.15) is 18.7 Å². The molecule has 0 aliphatic carbocycles. The van der Waals surface area contributed by atoms with Gasteiger partial charge in [-0.2, -0.15) is 0 Å². The first-order chi connectivity index (χ1) is 6.65. The second-order valence-corrected chi connectivity index (χ2v) is 4.25. The van der Waals surface area contributed by atoms with Gasteiger partial charge in [0, 0.05) is 11.4 Å². The summed E-state index contributed by atoms with van der Waals surface area (Å²) in [4.78, 5) is 14.6. The van der Waals surface area contributed by atoms with Crippen LogP contribution in [0.4, 0.5) is 0 Å². The second-order valence-electron chi connectivity index (χ2n) is 3.22. The Morgan fingerprint density at radius 1 is 1.71 bits per heavy atom. The summed E-state index contributed by atoms with van der Waals surface area (Å²) >= 11 is 1.66. The normalized spacial score (nSPS) is 12.5. The molecular formula is C10H16N2OS. The Morgan fingerprint density at radius 3 is 2.86 bits per heavy atom. The van der Waals surface area contributed by atoms with Crippen LogP contribution in [0.25, 0.3) is 0 Å². The van der Waals surface area contributed by atoms with E-state index in [4.69, 9.17) is 5.73 Å². The predicted molar refractivity (Wildman–Crippen MR) is 59.1 cm³/mol. The van der Waals surface area contributed by atoms with Crippen molar-refractivity contribution in [3.8, 4) is 0 Å². The quantitative estimate of drug-likeness (QED) is 0.821. The fraction of sp³-hybridized carbons (Fsp3) is 0.500. The average molecular weight is 212 g/mol. The molecule has 0 saturated carbocycles. The summed E-state index contributed by atoms with van der Waals surface area (Å²) in [7, 11) is 0. The van der Waals surface area contributed by atoms with E-state index in [1.165, 1.54) is 4.88 Å². The van der Waals surface area contributed by atoms with Gasteiger partial charge in [-0.1, -0.05) is 6.07 Å². The Hall–Kier alpha value is -0.870. The van der Waals surface area contributed by atoms with Gasteiger partial charge in [-0.05, 0) is 25.3 Å².